The van der Waals surface area contributed by atoms with Gasteiger partial charge in [-0.15, -0.1) is 0 Å². The molecule has 0 aromatic rings. The number of carbonyl (C=O) groups is 3. The Morgan fingerprint density at radius 2 is 1.76 bits per heavy atom. The first-order chi connectivity index (χ1) is 9.97. The summed E-state index contributed by atoms with van der Waals surface area (Å²) in [5.74, 6) is -2.12. The Bertz CT molecular complexity index is 466. The molecule has 0 saturated carbocycles. The highest BCUT2D eigenvalue weighted by Crippen LogP contribution is 2.33. The number of aliphatic hydroxyl groups excluding tert-OH is 1. The highest BCUT2D eigenvalue weighted by Gasteiger charge is 2.41. The minimum Gasteiger partial charge on any atom is -0.466 e. The average molecular weight is 295 g/mol. The largest absolute Gasteiger partial charge is 0.466 e. The van der Waals surface area contributed by atoms with Gasteiger partial charge in [-0.3, -0.25) is 19.3 Å². The van der Waals surface area contributed by atoms with Gasteiger partial charge in [0, 0.05) is 17.7 Å². The van der Waals surface area contributed by atoms with Crippen molar-refractivity contribution in [3.8, 4) is 0 Å². The Morgan fingerprint density at radius 3 is 2.19 bits per heavy atom. The topological polar surface area (TPSA) is 83.9 Å². The van der Waals surface area contributed by atoms with Crippen molar-refractivity contribution in [2.45, 2.75) is 45.6 Å². The maximum Gasteiger partial charge on any atom is 0.313 e. The molecule has 6 nitrogen and oxygen atoms in total. The fraction of sp³-hybridized carbons (Fsp3) is 0.667. The van der Waals surface area contributed by atoms with Crippen molar-refractivity contribution >= 4 is 17.8 Å². The summed E-state index contributed by atoms with van der Waals surface area (Å²) >= 11 is 0. The van der Waals surface area contributed by atoms with Gasteiger partial charge in [-0.25, -0.2) is 0 Å². The Morgan fingerprint density at radius 1 is 1.24 bits per heavy atom. The van der Waals surface area contributed by atoms with Gasteiger partial charge in [0.05, 0.1) is 12.7 Å². The molecule has 0 unspecified atom stereocenters. The van der Waals surface area contributed by atoms with E-state index in [1.165, 1.54) is 6.92 Å². The maximum atomic E-state index is 12.3. The van der Waals surface area contributed by atoms with Crippen LogP contribution in [0.5, 0.6) is 0 Å². The van der Waals surface area contributed by atoms with Gasteiger partial charge in [0.2, 0.25) is 0 Å². The third-order valence-electron chi connectivity index (χ3n) is 4.03. The molecule has 0 aromatic heterocycles. The number of aliphatic hydroxyl groups is 1. The standard InChI is InChI=1S/C15H21NO5/c1-3-21-15(20)12(9(2)17)8-16-13(18)10-6-4-5-7-11(10)14(16)19/h9,12,17H,3-8H2,1-2H3/t9-,12-/m1/s1. The van der Waals surface area contributed by atoms with Crippen LogP contribution in [0, 0.1) is 5.92 Å². The van der Waals surface area contributed by atoms with Crippen molar-refractivity contribution < 1.29 is 24.2 Å². The Hall–Kier alpha value is -1.69. The SMILES string of the molecule is CCOC(=O)[C@H](CN1C(=O)C2=C(CCCC2)C1=O)[C@@H](C)O. The molecule has 2 amide bonds. The van der Waals surface area contributed by atoms with Crippen molar-refractivity contribution in [3.05, 3.63) is 11.1 Å². The Kier molecular flexibility index (Phi) is 4.77. The molecule has 1 heterocycles. The molecule has 0 fully saturated rings. The van der Waals surface area contributed by atoms with E-state index in [9.17, 15) is 19.5 Å². The lowest BCUT2D eigenvalue weighted by Crippen LogP contribution is -2.43. The monoisotopic (exact) mass is 295 g/mol. The van der Waals surface area contributed by atoms with E-state index in [0.717, 1.165) is 17.7 Å². The van der Waals surface area contributed by atoms with Crippen LogP contribution < -0.4 is 0 Å². The molecule has 2 rings (SSSR count). The smallest absolute Gasteiger partial charge is 0.313 e. The molecule has 116 valence electrons. The zero-order chi connectivity index (χ0) is 15.6. The first-order valence-corrected chi connectivity index (χ1v) is 7.40. The summed E-state index contributed by atoms with van der Waals surface area (Å²) < 4.78 is 4.90. The van der Waals surface area contributed by atoms with Gasteiger partial charge < -0.3 is 9.84 Å². The van der Waals surface area contributed by atoms with Crippen molar-refractivity contribution in [1.82, 2.24) is 4.90 Å². The molecule has 0 saturated heterocycles. The molecule has 0 spiro atoms. The zero-order valence-electron chi connectivity index (χ0n) is 12.4. The molecular weight excluding hydrogens is 274 g/mol. The van der Waals surface area contributed by atoms with E-state index in [-0.39, 0.29) is 25.0 Å². The van der Waals surface area contributed by atoms with Gasteiger partial charge in [0.15, 0.2) is 0 Å². The normalized spacial score (nSPS) is 21.4. The van der Waals surface area contributed by atoms with Crippen LogP contribution in [0.2, 0.25) is 0 Å². The van der Waals surface area contributed by atoms with E-state index < -0.39 is 18.0 Å². The first kappa shape index (κ1) is 15.7. The average Bonchev–Trinajstić information content (AvgIpc) is 2.69. The molecule has 6 heteroatoms. The quantitative estimate of drug-likeness (QED) is 0.598. The lowest BCUT2D eigenvalue weighted by molar-refractivity contribution is -0.154. The van der Waals surface area contributed by atoms with E-state index in [2.05, 4.69) is 0 Å². The van der Waals surface area contributed by atoms with Gasteiger partial charge in [0.25, 0.3) is 11.8 Å². The van der Waals surface area contributed by atoms with Crippen LogP contribution in [0.3, 0.4) is 0 Å². The number of hydrogen-bond donors (Lipinski definition) is 1. The van der Waals surface area contributed by atoms with E-state index in [4.69, 9.17) is 4.74 Å². The molecule has 2 aliphatic rings. The summed E-state index contributed by atoms with van der Waals surface area (Å²) in [4.78, 5) is 37.5. The third kappa shape index (κ3) is 3.00. The van der Waals surface area contributed by atoms with Crippen LogP contribution >= 0.6 is 0 Å². The second-order valence-corrected chi connectivity index (χ2v) is 5.48. The molecule has 0 aromatic carbocycles. The molecule has 2 atom stereocenters. The summed E-state index contributed by atoms with van der Waals surface area (Å²) in [5, 5.41) is 9.74. The first-order valence-electron chi connectivity index (χ1n) is 7.40. The number of rotatable bonds is 5. The number of esters is 1. The van der Waals surface area contributed by atoms with Crippen molar-refractivity contribution in [2.24, 2.45) is 5.92 Å². The third-order valence-corrected chi connectivity index (χ3v) is 4.03. The van der Waals surface area contributed by atoms with Gasteiger partial charge in [-0.1, -0.05) is 0 Å². The fourth-order valence-corrected chi connectivity index (χ4v) is 2.83. The van der Waals surface area contributed by atoms with Gasteiger partial charge in [-0.2, -0.15) is 0 Å². The van der Waals surface area contributed by atoms with E-state index in [1.54, 1.807) is 6.92 Å². The molecule has 21 heavy (non-hydrogen) atoms. The summed E-state index contributed by atoms with van der Waals surface area (Å²) in [6.45, 7) is 3.20. The predicted octanol–water partition coefficient (Wildman–Crippen LogP) is 0.786. The van der Waals surface area contributed by atoms with Crippen molar-refractivity contribution in [2.75, 3.05) is 13.2 Å². The second kappa shape index (κ2) is 6.39. The van der Waals surface area contributed by atoms with Gasteiger partial charge in [0.1, 0.15) is 5.92 Å². The fourth-order valence-electron chi connectivity index (χ4n) is 2.83. The van der Waals surface area contributed by atoms with Crippen LogP contribution in [-0.2, 0) is 19.1 Å². The van der Waals surface area contributed by atoms with E-state index >= 15 is 0 Å². The molecule has 1 aliphatic carbocycles. The van der Waals surface area contributed by atoms with Gasteiger partial charge in [-0.05, 0) is 39.5 Å². The number of nitrogens with zero attached hydrogens (tertiary/aromatic N) is 1. The molecule has 0 bridgehead atoms. The number of carbonyl (C=O) groups excluding carboxylic acids is 3. The number of hydrogen-bond acceptors (Lipinski definition) is 5. The number of amides is 2. The summed E-state index contributed by atoms with van der Waals surface area (Å²) in [6, 6.07) is 0. The van der Waals surface area contributed by atoms with Gasteiger partial charge >= 0.3 is 5.97 Å². The van der Waals surface area contributed by atoms with Crippen LogP contribution in [-0.4, -0.2) is 47.0 Å². The number of ether oxygens (including phenoxy) is 1. The van der Waals surface area contributed by atoms with E-state index in [1.807, 2.05) is 0 Å². The lowest BCUT2D eigenvalue weighted by Gasteiger charge is -2.23. The van der Waals surface area contributed by atoms with Crippen LogP contribution in [0.25, 0.3) is 0 Å². The molecule has 1 aliphatic heterocycles. The maximum absolute atomic E-state index is 12.3. The van der Waals surface area contributed by atoms with Crippen molar-refractivity contribution in [3.63, 3.8) is 0 Å². The van der Waals surface area contributed by atoms with Crippen LogP contribution in [0.1, 0.15) is 39.5 Å². The summed E-state index contributed by atoms with van der Waals surface area (Å²) in [6.07, 6.45) is 2.07. The lowest BCUT2D eigenvalue weighted by atomic mass is 9.93. The highest BCUT2D eigenvalue weighted by molar-refractivity contribution is 6.19. The molecule has 0 radical (unpaired) electrons. The molecule has 1 N–H and O–H groups in total. The minimum atomic E-state index is -0.984. The summed E-state index contributed by atoms with van der Waals surface area (Å²) in [7, 11) is 0. The second-order valence-electron chi connectivity index (χ2n) is 5.48. The predicted molar refractivity (Wildman–Crippen MR) is 74.0 cm³/mol. The van der Waals surface area contributed by atoms with E-state index in [0.29, 0.717) is 24.0 Å². The number of imide groups is 1. The van der Waals surface area contributed by atoms with Crippen LogP contribution in [0.4, 0.5) is 0 Å². The van der Waals surface area contributed by atoms with Crippen molar-refractivity contribution in [1.29, 1.82) is 0 Å². The minimum absolute atomic E-state index is 0.124. The Labute approximate surface area is 123 Å². The zero-order valence-corrected chi connectivity index (χ0v) is 12.4. The highest BCUT2D eigenvalue weighted by atomic mass is 16.5. The Balaban J connectivity index is 2.14. The van der Waals surface area contributed by atoms with Crippen LogP contribution in [0.15, 0.2) is 11.1 Å². The summed E-state index contributed by atoms with van der Waals surface area (Å²) in [5.41, 5.74) is 1.17. The molecular formula is C15H21NO5.